The number of aromatic nitrogens is 1. The molecular weight excluding hydrogens is 434 g/mol. The lowest BCUT2D eigenvalue weighted by molar-refractivity contribution is 0.0997. The van der Waals surface area contributed by atoms with Gasteiger partial charge < -0.3 is 9.30 Å². The predicted molar refractivity (Wildman–Crippen MR) is 121 cm³/mol. The third kappa shape index (κ3) is 4.64. The summed E-state index contributed by atoms with van der Waals surface area (Å²) in [6.45, 7) is 2.18. The number of carbonyl (C=O) groups excluding carboxylic acids is 1. The lowest BCUT2D eigenvalue weighted by Gasteiger charge is -2.25. The van der Waals surface area contributed by atoms with Gasteiger partial charge in [-0.2, -0.15) is 9.30 Å². The maximum Gasteiger partial charge on any atom is 0.279 e. The zero-order valence-corrected chi connectivity index (χ0v) is 19.0. The van der Waals surface area contributed by atoms with Crippen LogP contribution in [0.3, 0.4) is 0 Å². The van der Waals surface area contributed by atoms with Crippen LogP contribution in [-0.4, -0.2) is 50.0 Å². The summed E-state index contributed by atoms with van der Waals surface area (Å²) < 4.78 is 35.3. The highest BCUT2D eigenvalue weighted by molar-refractivity contribution is 7.89. The van der Waals surface area contributed by atoms with Gasteiger partial charge >= 0.3 is 0 Å². The standard InChI is InChI=1S/C22H25N3O4S2/c1-29-16-15-25-19-7-3-4-8-20(19)30-22(25)23-21(26)17-9-11-18(12-10-17)31(27,28)24-13-5-2-6-14-24/h3-4,7-12H,2,5-6,13-16H2,1H3. The molecule has 1 fully saturated rings. The number of carbonyl (C=O) groups is 1. The Bertz CT molecular complexity index is 1240. The average Bonchev–Trinajstić information content (AvgIpc) is 3.15. The number of hydrogen-bond donors (Lipinski definition) is 0. The maximum absolute atomic E-state index is 12.8. The topological polar surface area (TPSA) is 81.0 Å². The Kier molecular flexibility index (Phi) is 6.66. The van der Waals surface area contributed by atoms with Crippen molar-refractivity contribution in [3.8, 4) is 0 Å². The van der Waals surface area contributed by atoms with Crippen LogP contribution in [0.1, 0.15) is 29.6 Å². The predicted octanol–water partition coefficient (Wildman–Crippen LogP) is 3.26. The van der Waals surface area contributed by atoms with Crippen molar-refractivity contribution in [1.82, 2.24) is 8.87 Å². The van der Waals surface area contributed by atoms with Gasteiger partial charge in [0.15, 0.2) is 4.80 Å². The molecule has 1 amide bonds. The largest absolute Gasteiger partial charge is 0.383 e. The van der Waals surface area contributed by atoms with Gasteiger partial charge in [-0.15, -0.1) is 0 Å². The Balaban J connectivity index is 1.62. The van der Waals surface area contributed by atoms with E-state index in [0.29, 0.717) is 36.6 Å². The molecule has 2 heterocycles. The molecule has 1 aliphatic heterocycles. The van der Waals surface area contributed by atoms with Gasteiger partial charge in [-0.3, -0.25) is 4.79 Å². The molecular formula is C22H25N3O4S2. The monoisotopic (exact) mass is 459 g/mol. The number of thiazole rings is 1. The molecule has 0 N–H and O–H groups in total. The Labute approximate surface area is 185 Å². The van der Waals surface area contributed by atoms with E-state index in [2.05, 4.69) is 4.99 Å². The van der Waals surface area contributed by atoms with Crippen LogP contribution in [0.25, 0.3) is 10.2 Å². The molecule has 7 nitrogen and oxygen atoms in total. The molecule has 0 unspecified atom stereocenters. The molecule has 1 saturated heterocycles. The molecule has 4 rings (SSSR count). The summed E-state index contributed by atoms with van der Waals surface area (Å²) in [6.07, 6.45) is 2.82. The number of ether oxygens (including phenoxy) is 1. The summed E-state index contributed by atoms with van der Waals surface area (Å²) in [4.78, 5) is 17.9. The summed E-state index contributed by atoms with van der Waals surface area (Å²) in [5.41, 5.74) is 1.35. The van der Waals surface area contributed by atoms with Crippen molar-refractivity contribution in [2.75, 3.05) is 26.8 Å². The van der Waals surface area contributed by atoms with Gasteiger partial charge in [0.1, 0.15) is 0 Å². The maximum atomic E-state index is 12.8. The SMILES string of the molecule is COCCn1c(=NC(=O)c2ccc(S(=O)(=O)N3CCCCC3)cc2)sc2ccccc21. The number of fused-ring (bicyclic) bond motifs is 1. The Hall–Kier alpha value is -2.33. The molecule has 0 atom stereocenters. The Morgan fingerprint density at radius 1 is 1.06 bits per heavy atom. The van der Waals surface area contributed by atoms with Gasteiger partial charge in [-0.1, -0.05) is 29.9 Å². The summed E-state index contributed by atoms with van der Waals surface area (Å²) in [5, 5.41) is 0. The molecule has 2 aromatic carbocycles. The zero-order valence-electron chi connectivity index (χ0n) is 17.4. The molecule has 31 heavy (non-hydrogen) atoms. The molecule has 0 radical (unpaired) electrons. The minimum absolute atomic E-state index is 0.211. The van der Waals surface area contributed by atoms with E-state index in [1.807, 2.05) is 28.8 Å². The molecule has 164 valence electrons. The van der Waals surface area contributed by atoms with Crippen LogP contribution in [0.4, 0.5) is 0 Å². The number of benzene rings is 2. The second-order valence-corrected chi connectivity index (χ2v) is 10.3. The van der Waals surface area contributed by atoms with Crippen molar-refractivity contribution in [3.63, 3.8) is 0 Å². The summed E-state index contributed by atoms with van der Waals surface area (Å²) in [5.74, 6) is -0.403. The summed E-state index contributed by atoms with van der Waals surface area (Å²) >= 11 is 1.44. The number of sulfonamides is 1. The van der Waals surface area contributed by atoms with Crippen LogP contribution in [0, 0.1) is 0 Å². The van der Waals surface area contributed by atoms with Gasteiger partial charge in [0.25, 0.3) is 5.91 Å². The normalized spacial score (nSPS) is 16.1. The number of piperidine rings is 1. The molecule has 0 saturated carbocycles. The van der Waals surface area contributed by atoms with Crippen LogP contribution in [-0.2, 0) is 21.3 Å². The van der Waals surface area contributed by atoms with Gasteiger partial charge in [0, 0.05) is 32.3 Å². The zero-order chi connectivity index (χ0) is 21.8. The van der Waals surface area contributed by atoms with Crippen LogP contribution >= 0.6 is 11.3 Å². The highest BCUT2D eigenvalue weighted by Crippen LogP contribution is 2.21. The molecule has 3 aromatic rings. The highest BCUT2D eigenvalue weighted by Gasteiger charge is 2.25. The van der Waals surface area contributed by atoms with Crippen molar-refractivity contribution in [2.24, 2.45) is 4.99 Å². The third-order valence-electron chi connectivity index (χ3n) is 5.36. The summed E-state index contributed by atoms with van der Waals surface area (Å²) in [6, 6.07) is 14.0. The Morgan fingerprint density at radius 3 is 2.48 bits per heavy atom. The molecule has 0 spiro atoms. The first-order valence-corrected chi connectivity index (χ1v) is 12.5. The van der Waals surface area contributed by atoms with E-state index in [-0.39, 0.29) is 4.90 Å². The van der Waals surface area contributed by atoms with E-state index < -0.39 is 15.9 Å². The quantitative estimate of drug-likeness (QED) is 0.567. The van der Waals surface area contributed by atoms with Crippen molar-refractivity contribution < 1.29 is 17.9 Å². The number of nitrogens with zero attached hydrogens (tertiary/aromatic N) is 3. The molecule has 9 heteroatoms. The van der Waals surface area contributed by atoms with E-state index in [9.17, 15) is 13.2 Å². The van der Waals surface area contributed by atoms with Crippen molar-refractivity contribution >= 4 is 37.5 Å². The minimum atomic E-state index is -3.52. The summed E-state index contributed by atoms with van der Waals surface area (Å²) in [7, 11) is -1.89. The first kappa shape index (κ1) is 21.9. The minimum Gasteiger partial charge on any atom is -0.383 e. The van der Waals surface area contributed by atoms with Crippen LogP contribution in [0.15, 0.2) is 58.4 Å². The highest BCUT2D eigenvalue weighted by atomic mass is 32.2. The number of rotatable bonds is 6. The number of para-hydroxylation sites is 1. The lowest BCUT2D eigenvalue weighted by atomic mass is 10.2. The fraction of sp³-hybridized carbons (Fsp3) is 0.364. The van der Waals surface area contributed by atoms with Crippen LogP contribution in [0.5, 0.6) is 0 Å². The number of methoxy groups -OCH3 is 1. The van der Waals surface area contributed by atoms with E-state index >= 15 is 0 Å². The van der Waals surface area contributed by atoms with Crippen molar-refractivity contribution in [3.05, 3.63) is 58.9 Å². The Morgan fingerprint density at radius 2 is 1.77 bits per heavy atom. The molecule has 0 aliphatic carbocycles. The average molecular weight is 460 g/mol. The fourth-order valence-electron chi connectivity index (χ4n) is 3.68. The van der Waals surface area contributed by atoms with Gasteiger partial charge in [0.2, 0.25) is 10.0 Å². The number of hydrogen-bond acceptors (Lipinski definition) is 5. The smallest absolute Gasteiger partial charge is 0.279 e. The van der Waals surface area contributed by atoms with E-state index in [1.54, 1.807) is 7.11 Å². The van der Waals surface area contributed by atoms with E-state index in [1.165, 1.54) is 39.9 Å². The second-order valence-electron chi connectivity index (χ2n) is 7.40. The molecule has 1 aliphatic rings. The van der Waals surface area contributed by atoms with Gasteiger partial charge in [0.05, 0.1) is 21.7 Å². The van der Waals surface area contributed by atoms with Gasteiger partial charge in [-0.25, -0.2) is 8.42 Å². The van der Waals surface area contributed by atoms with Crippen molar-refractivity contribution in [1.29, 1.82) is 0 Å². The van der Waals surface area contributed by atoms with Crippen molar-refractivity contribution in [2.45, 2.75) is 30.7 Å². The first-order valence-electron chi connectivity index (χ1n) is 10.3. The first-order chi connectivity index (χ1) is 15.0. The lowest BCUT2D eigenvalue weighted by Crippen LogP contribution is -2.35. The number of amides is 1. The second kappa shape index (κ2) is 9.44. The van der Waals surface area contributed by atoms with Crippen LogP contribution < -0.4 is 4.80 Å². The van der Waals surface area contributed by atoms with Gasteiger partial charge in [-0.05, 0) is 49.2 Å². The molecule has 1 aromatic heterocycles. The fourth-order valence-corrected chi connectivity index (χ4v) is 6.25. The third-order valence-corrected chi connectivity index (χ3v) is 8.33. The van der Waals surface area contributed by atoms with E-state index in [0.717, 1.165) is 29.5 Å². The van der Waals surface area contributed by atoms with Crippen LogP contribution in [0.2, 0.25) is 0 Å². The van der Waals surface area contributed by atoms with E-state index in [4.69, 9.17) is 4.74 Å². The molecule has 0 bridgehead atoms.